The molecule has 4 nitrogen and oxygen atoms in total. The van der Waals surface area contributed by atoms with Gasteiger partial charge in [0.15, 0.2) is 18.3 Å². The molecule has 0 radical (unpaired) electrons. The Labute approximate surface area is 124 Å². The third kappa shape index (κ3) is 3.83. The molecule has 0 atom stereocenters. The Bertz CT molecular complexity index is 593. The van der Waals surface area contributed by atoms with Crippen molar-refractivity contribution in [2.24, 2.45) is 0 Å². The van der Waals surface area contributed by atoms with Crippen LogP contribution in [0.4, 0.5) is 0 Å². The lowest BCUT2D eigenvalue weighted by Crippen LogP contribution is -2.05. The van der Waals surface area contributed by atoms with E-state index in [2.05, 4.69) is 0 Å². The summed E-state index contributed by atoms with van der Waals surface area (Å²) in [5.74, 6) is 1.14. The Morgan fingerprint density at radius 2 is 1.81 bits per heavy atom. The van der Waals surface area contributed by atoms with E-state index in [0.717, 1.165) is 17.4 Å². The highest BCUT2D eigenvalue weighted by molar-refractivity contribution is 5.79. The number of aldehydes is 1. The van der Waals surface area contributed by atoms with Crippen LogP contribution in [0.25, 0.3) is 0 Å². The summed E-state index contributed by atoms with van der Waals surface area (Å²) in [6.45, 7) is 2.36. The quantitative estimate of drug-likeness (QED) is 0.578. The normalized spacial score (nSPS) is 10.2. The Balaban J connectivity index is 2.21. The highest BCUT2D eigenvalue weighted by Gasteiger charge is 2.12. The van der Waals surface area contributed by atoms with Gasteiger partial charge in [-0.15, -0.1) is 0 Å². The minimum atomic E-state index is 0.102. The van der Waals surface area contributed by atoms with Crippen molar-refractivity contribution in [3.05, 3.63) is 59.2 Å². The number of benzene rings is 2. The van der Waals surface area contributed by atoms with E-state index in [1.807, 2.05) is 37.3 Å². The fourth-order valence-corrected chi connectivity index (χ4v) is 1.96. The molecule has 0 saturated carbocycles. The van der Waals surface area contributed by atoms with Crippen molar-refractivity contribution in [3.63, 3.8) is 0 Å². The van der Waals surface area contributed by atoms with Gasteiger partial charge in [-0.25, -0.2) is 0 Å². The first-order valence-electron chi connectivity index (χ1n) is 6.63. The fraction of sp³-hybridized carbons (Fsp3) is 0.235. The van der Waals surface area contributed by atoms with E-state index in [9.17, 15) is 4.79 Å². The van der Waals surface area contributed by atoms with Crippen LogP contribution in [0.15, 0.2) is 42.5 Å². The number of hydrogen-bond donors (Lipinski definition) is 0. The molecule has 2 aromatic carbocycles. The number of rotatable bonds is 7. The standard InChI is InChI=1S/C17H18O4/c1-13-15(10-18)8-9-16(17(13)21-12-19-2)20-11-14-6-4-3-5-7-14/h3-10H,11-12H2,1-2H3. The van der Waals surface area contributed by atoms with Crippen molar-refractivity contribution in [3.8, 4) is 11.5 Å². The van der Waals surface area contributed by atoms with Crippen LogP contribution in [-0.2, 0) is 11.3 Å². The molecule has 0 aliphatic carbocycles. The maximum absolute atomic E-state index is 11.0. The highest BCUT2D eigenvalue weighted by Crippen LogP contribution is 2.33. The lowest BCUT2D eigenvalue weighted by Gasteiger charge is -2.15. The monoisotopic (exact) mass is 286 g/mol. The first kappa shape index (κ1) is 15.1. The second-order valence-corrected chi connectivity index (χ2v) is 4.55. The number of ether oxygens (including phenoxy) is 3. The molecule has 0 aromatic heterocycles. The minimum absolute atomic E-state index is 0.102. The molecule has 0 unspecified atom stereocenters. The third-order valence-electron chi connectivity index (χ3n) is 3.10. The topological polar surface area (TPSA) is 44.8 Å². The van der Waals surface area contributed by atoms with Gasteiger partial charge < -0.3 is 14.2 Å². The number of hydrogen-bond acceptors (Lipinski definition) is 4. The van der Waals surface area contributed by atoms with Gasteiger partial charge in [-0.3, -0.25) is 4.79 Å². The van der Waals surface area contributed by atoms with Crippen LogP contribution in [-0.4, -0.2) is 20.2 Å². The molecule has 0 saturated heterocycles. The summed E-state index contributed by atoms with van der Waals surface area (Å²) in [5, 5.41) is 0. The van der Waals surface area contributed by atoms with Crippen molar-refractivity contribution in [1.29, 1.82) is 0 Å². The molecule has 0 N–H and O–H groups in total. The van der Waals surface area contributed by atoms with Gasteiger partial charge >= 0.3 is 0 Å². The van der Waals surface area contributed by atoms with Gasteiger partial charge in [0.2, 0.25) is 0 Å². The van der Waals surface area contributed by atoms with Crippen LogP contribution in [0.5, 0.6) is 11.5 Å². The zero-order valence-corrected chi connectivity index (χ0v) is 12.2. The zero-order chi connectivity index (χ0) is 15.1. The van der Waals surface area contributed by atoms with Gasteiger partial charge in [0.05, 0.1) is 0 Å². The lowest BCUT2D eigenvalue weighted by molar-refractivity contribution is 0.0478. The molecule has 0 aliphatic heterocycles. The summed E-state index contributed by atoms with van der Waals surface area (Å²) in [6, 6.07) is 13.3. The van der Waals surface area contributed by atoms with E-state index in [1.54, 1.807) is 19.2 Å². The van der Waals surface area contributed by atoms with Crippen molar-refractivity contribution < 1.29 is 19.0 Å². The molecule has 4 heteroatoms. The Kier molecular flexibility index (Phi) is 5.35. The molecule has 0 heterocycles. The summed E-state index contributed by atoms with van der Waals surface area (Å²) in [5.41, 5.74) is 2.38. The molecule has 0 bridgehead atoms. The average molecular weight is 286 g/mol. The van der Waals surface area contributed by atoms with Gasteiger partial charge in [-0.2, -0.15) is 0 Å². The summed E-state index contributed by atoms with van der Waals surface area (Å²) < 4.78 is 16.3. The average Bonchev–Trinajstić information content (AvgIpc) is 2.53. The molecular formula is C17H18O4. The Hall–Kier alpha value is -2.33. The SMILES string of the molecule is COCOc1c(OCc2ccccc2)ccc(C=O)c1C. The van der Waals surface area contributed by atoms with Gasteiger partial charge in [-0.1, -0.05) is 30.3 Å². The molecular weight excluding hydrogens is 268 g/mol. The molecule has 0 fully saturated rings. The molecule has 2 rings (SSSR count). The third-order valence-corrected chi connectivity index (χ3v) is 3.10. The van der Waals surface area contributed by atoms with Crippen molar-refractivity contribution in [2.75, 3.05) is 13.9 Å². The van der Waals surface area contributed by atoms with Crippen molar-refractivity contribution >= 4 is 6.29 Å². The zero-order valence-electron chi connectivity index (χ0n) is 12.2. The van der Waals surface area contributed by atoms with Crippen molar-refractivity contribution in [2.45, 2.75) is 13.5 Å². The molecule has 2 aromatic rings. The molecule has 21 heavy (non-hydrogen) atoms. The van der Waals surface area contributed by atoms with Crippen LogP contribution in [0.3, 0.4) is 0 Å². The number of carbonyl (C=O) groups is 1. The summed E-state index contributed by atoms with van der Waals surface area (Å²) >= 11 is 0. The second kappa shape index (κ2) is 7.45. The van der Waals surface area contributed by atoms with Crippen LogP contribution >= 0.6 is 0 Å². The largest absolute Gasteiger partial charge is 0.485 e. The minimum Gasteiger partial charge on any atom is -0.485 e. The number of methoxy groups -OCH3 is 1. The molecule has 0 spiro atoms. The molecule has 0 amide bonds. The van der Waals surface area contributed by atoms with E-state index in [-0.39, 0.29) is 6.79 Å². The first-order chi connectivity index (χ1) is 10.3. The molecule has 110 valence electrons. The smallest absolute Gasteiger partial charge is 0.188 e. The lowest BCUT2D eigenvalue weighted by atomic mass is 10.1. The molecule has 0 aliphatic rings. The Morgan fingerprint density at radius 3 is 2.48 bits per heavy atom. The maximum atomic E-state index is 11.0. The first-order valence-corrected chi connectivity index (χ1v) is 6.63. The Morgan fingerprint density at radius 1 is 1.05 bits per heavy atom. The van der Waals surface area contributed by atoms with Gasteiger partial charge in [0.25, 0.3) is 0 Å². The van der Waals surface area contributed by atoms with E-state index in [1.165, 1.54) is 0 Å². The summed E-state index contributed by atoms with van der Waals surface area (Å²) in [4.78, 5) is 11.0. The van der Waals surface area contributed by atoms with E-state index in [0.29, 0.717) is 23.7 Å². The van der Waals surface area contributed by atoms with Gasteiger partial charge in [-0.05, 0) is 24.6 Å². The van der Waals surface area contributed by atoms with Crippen molar-refractivity contribution in [1.82, 2.24) is 0 Å². The van der Waals surface area contributed by atoms with E-state index in [4.69, 9.17) is 14.2 Å². The van der Waals surface area contributed by atoms with Gasteiger partial charge in [0, 0.05) is 18.2 Å². The van der Waals surface area contributed by atoms with Crippen LogP contribution in [0.2, 0.25) is 0 Å². The summed E-state index contributed by atoms with van der Waals surface area (Å²) in [7, 11) is 1.55. The highest BCUT2D eigenvalue weighted by atomic mass is 16.7. The van der Waals surface area contributed by atoms with Crippen LogP contribution in [0.1, 0.15) is 21.5 Å². The van der Waals surface area contributed by atoms with Crippen LogP contribution < -0.4 is 9.47 Å². The maximum Gasteiger partial charge on any atom is 0.188 e. The predicted molar refractivity (Wildman–Crippen MR) is 79.8 cm³/mol. The van der Waals surface area contributed by atoms with E-state index < -0.39 is 0 Å². The van der Waals surface area contributed by atoms with E-state index >= 15 is 0 Å². The predicted octanol–water partition coefficient (Wildman–Crippen LogP) is 3.37. The number of carbonyl (C=O) groups excluding carboxylic acids is 1. The fourth-order valence-electron chi connectivity index (χ4n) is 1.96. The van der Waals surface area contributed by atoms with Gasteiger partial charge in [0.1, 0.15) is 12.9 Å². The van der Waals surface area contributed by atoms with Crippen LogP contribution in [0, 0.1) is 6.92 Å². The second-order valence-electron chi connectivity index (χ2n) is 4.55. The summed E-state index contributed by atoms with van der Waals surface area (Å²) in [6.07, 6.45) is 0.802.